The molecule has 4 nitrogen and oxygen atoms in total. The average Bonchev–Trinajstić information content (AvgIpc) is 2.65. The topological polar surface area (TPSA) is 44.8 Å². The molecule has 0 aromatic heterocycles. The van der Waals surface area contributed by atoms with E-state index < -0.39 is 5.97 Å². The zero-order valence-corrected chi connectivity index (χ0v) is 13.8. The molecule has 0 aliphatic rings. The lowest BCUT2D eigenvalue weighted by atomic mass is 9.77. The highest BCUT2D eigenvalue weighted by atomic mass is 17.2. The lowest BCUT2D eigenvalue weighted by molar-refractivity contribution is -0.271. The molecule has 0 saturated carbocycles. The molecule has 0 bridgehead atoms. The van der Waals surface area contributed by atoms with Gasteiger partial charge in [0.1, 0.15) is 6.61 Å². The summed E-state index contributed by atoms with van der Waals surface area (Å²) < 4.78 is 5.78. The van der Waals surface area contributed by atoms with Crippen LogP contribution in [0.5, 0.6) is 0 Å². The first-order valence-corrected chi connectivity index (χ1v) is 7.81. The Morgan fingerprint density at radius 3 is 2.04 bits per heavy atom. The number of hydrogen-bond donors (Lipinski definition) is 0. The van der Waals surface area contributed by atoms with Crippen LogP contribution in [-0.2, 0) is 24.7 Å². The highest BCUT2D eigenvalue weighted by molar-refractivity contribution is 5.80. The molecule has 0 unspecified atom stereocenters. The Morgan fingerprint density at radius 1 is 1.00 bits per heavy atom. The zero-order chi connectivity index (χ0) is 17.3. The van der Waals surface area contributed by atoms with Crippen molar-refractivity contribution in [3.63, 3.8) is 0 Å². The van der Waals surface area contributed by atoms with E-state index in [4.69, 9.17) is 9.62 Å². The molecule has 0 saturated heterocycles. The van der Waals surface area contributed by atoms with Gasteiger partial charge in [0.15, 0.2) is 0 Å². The van der Waals surface area contributed by atoms with Crippen LogP contribution in [-0.4, -0.2) is 25.8 Å². The third kappa shape index (κ3) is 4.78. The summed E-state index contributed by atoms with van der Waals surface area (Å²) in [5.74, 6) is -0.617. The second-order valence-electron chi connectivity index (χ2n) is 5.55. The van der Waals surface area contributed by atoms with Crippen LogP contribution in [0.1, 0.15) is 18.1 Å². The molecule has 0 spiro atoms. The predicted molar refractivity (Wildman–Crippen MR) is 92.4 cm³/mol. The van der Waals surface area contributed by atoms with Crippen LogP contribution in [0.25, 0.3) is 0 Å². The lowest BCUT2D eigenvalue weighted by Crippen LogP contribution is -2.30. The summed E-state index contributed by atoms with van der Waals surface area (Å²) in [6, 6.07) is 20.5. The van der Waals surface area contributed by atoms with Crippen molar-refractivity contribution in [1.82, 2.24) is 0 Å². The van der Waals surface area contributed by atoms with Crippen LogP contribution >= 0.6 is 0 Å². The smallest absolute Gasteiger partial charge is 0.365 e. The molecule has 4 heteroatoms. The summed E-state index contributed by atoms with van der Waals surface area (Å²) in [7, 11) is 0. The van der Waals surface area contributed by atoms with Crippen LogP contribution in [0.2, 0.25) is 0 Å². The predicted octanol–water partition coefficient (Wildman–Crippen LogP) is 3.67. The van der Waals surface area contributed by atoms with Gasteiger partial charge in [0.05, 0.1) is 13.2 Å². The van der Waals surface area contributed by atoms with Crippen LogP contribution < -0.4 is 0 Å². The molecule has 0 heterocycles. The number of ether oxygens (including phenoxy) is 1. The van der Waals surface area contributed by atoms with E-state index in [1.807, 2.05) is 36.4 Å². The van der Waals surface area contributed by atoms with Gasteiger partial charge in [0.2, 0.25) is 0 Å². The van der Waals surface area contributed by atoms with Gasteiger partial charge >= 0.3 is 5.97 Å². The van der Waals surface area contributed by atoms with Gasteiger partial charge < -0.3 is 4.74 Å². The van der Waals surface area contributed by atoms with Crippen molar-refractivity contribution in [3.05, 3.63) is 84.4 Å². The largest absolute Gasteiger partial charge is 0.378 e. The summed E-state index contributed by atoms with van der Waals surface area (Å²) in [6.07, 6.45) is 1.04. The minimum Gasteiger partial charge on any atom is -0.378 e. The Balaban J connectivity index is 1.98. The summed E-state index contributed by atoms with van der Waals surface area (Å²) >= 11 is 0. The van der Waals surface area contributed by atoms with Gasteiger partial charge in [-0.3, -0.25) is 4.89 Å². The minimum absolute atomic E-state index is 0.166. The zero-order valence-electron chi connectivity index (χ0n) is 13.8. The molecule has 126 valence electrons. The van der Waals surface area contributed by atoms with E-state index in [-0.39, 0.29) is 12.0 Å². The standard InChI is InChI=1S/C20H22O4/c1-3-19(21)24-23-15-14-22-16-20(2,17-10-6-4-7-11-17)18-12-8-5-9-13-18/h3-13H,1,14-16H2,2H3. The first-order valence-electron chi connectivity index (χ1n) is 7.81. The maximum atomic E-state index is 10.9. The lowest BCUT2D eigenvalue weighted by Gasteiger charge is -2.30. The Labute approximate surface area is 142 Å². The van der Waals surface area contributed by atoms with Gasteiger partial charge in [-0.15, -0.1) is 0 Å². The highest BCUT2D eigenvalue weighted by Gasteiger charge is 2.29. The molecule has 2 rings (SSSR count). The van der Waals surface area contributed by atoms with E-state index in [1.54, 1.807) is 0 Å². The normalized spacial score (nSPS) is 11.0. The average molecular weight is 326 g/mol. The summed E-state index contributed by atoms with van der Waals surface area (Å²) in [4.78, 5) is 20.1. The van der Waals surface area contributed by atoms with Crippen molar-refractivity contribution in [2.75, 3.05) is 19.8 Å². The fraction of sp³-hybridized carbons (Fsp3) is 0.250. The van der Waals surface area contributed by atoms with Crippen LogP contribution in [0, 0.1) is 0 Å². The number of rotatable bonds is 9. The van der Waals surface area contributed by atoms with E-state index in [0.717, 1.165) is 6.08 Å². The molecule has 0 atom stereocenters. The number of carbonyl (C=O) groups excluding carboxylic acids is 1. The van der Waals surface area contributed by atoms with E-state index in [0.29, 0.717) is 13.2 Å². The van der Waals surface area contributed by atoms with Crippen molar-refractivity contribution in [1.29, 1.82) is 0 Å². The van der Waals surface area contributed by atoms with Gasteiger partial charge in [-0.05, 0) is 18.1 Å². The van der Waals surface area contributed by atoms with Crippen molar-refractivity contribution >= 4 is 5.97 Å². The minimum atomic E-state index is -0.617. The second kappa shape index (κ2) is 9.01. The van der Waals surface area contributed by atoms with Gasteiger partial charge in [-0.25, -0.2) is 4.79 Å². The van der Waals surface area contributed by atoms with E-state index in [2.05, 4.69) is 42.7 Å². The van der Waals surface area contributed by atoms with Crippen LogP contribution in [0.3, 0.4) is 0 Å². The monoisotopic (exact) mass is 326 g/mol. The Morgan fingerprint density at radius 2 is 1.54 bits per heavy atom. The van der Waals surface area contributed by atoms with Crippen molar-refractivity contribution in [3.8, 4) is 0 Å². The Bertz CT molecular complexity index is 598. The third-order valence-corrected chi connectivity index (χ3v) is 3.83. The van der Waals surface area contributed by atoms with Crippen LogP contribution in [0.15, 0.2) is 73.3 Å². The van der Waals surface area contributed by atoms with Crippen molar-refractivity contribution < 1.29 is 19.3 Å². The van der Waals surface area contributed by atoms with Crippen molar-refractivity contribution in [2.24, 2.45) is 0 Å². The molecule has 0 amide bonds. The maximum absolute atomic E-state index is 10.9. The van der Waals surface area contributed by atoms with Crippen molar-refractivity contribution in [2.45, 2.75) is 12.3 Å². The van der Waals surface area contributed by atoms with Gasteiger partial charge in [0.25, 0.3) is 0 Å². The Hall–Kier alpha value is -2.43. The molecule has 0 radical (unpaired) electrons. The number of hydrogen-bond acceptors (Lipinski definition) is 4. The molecular weight excluding hydrogens is 304 g/mol. The molecule has 0 aliphatic carbocycles. The fourth-order valence-electron chi connectivity index (χ4n) is 2.45. The quantitative estimate of drug-likeness (QED) is 0.305. The molecular formula is C20H22O4. The summed E-state index contributed by atoms with van der Waals surface area (Å²) in [5, 5.41) is 0. The Kier molecular flexibility index (Phi) is 6.73. The summed E-state index contributed by atoms with van der Waals surface area (Å²) in [5.41, 5.74) is 2.07. The van der Waals surface area contributed by atoms with E-state index in [9.17, 15) is 4.79 Å². The third-order valence-electron chi connectivity index (χ3n) is 3.83. The number of carbonyl (C=O) groups is 1. The number of benzene rings is 2. The van der Waals surface area contributed by atoms with Gasteiger partial charge in [-0.2, -0.15) is 4.89 Å². The SMILES string of the molecule is C=CC(=O)OOCCOCC(C)(c1ccccc1)c1ccccc1. The summed E-state index contributed by atoms with van der Waals surface area (Å²) in [6.45, 7) is 6.41. The molecule has 0 aliphatic heterocycles. The van der Waals surface area contributed by atoms with Gasteiger partial charge in [-0.1, -0.05) is 67.2 Å². The van der Waals surface area contributed by atoms with E-state index in [1.165, 1.54) is 11.1 Å². The molecule has 24 heavy (non-hydrogen) atoms. The maximum Gasteiger partial charge on any atom is 0.365 e. The van der Waals surface area contributed by atoms with Gasteiger partial charge in [0, 0.05) is 11.5 Å². The molecule has 2 aromatic carbocycles. The molecule has 0 N–H and O–H groups in total. The highest BCUT2D eigenvalue weighted by Crippen LogP contribution is 2.32. The van der Waals surface area contributed by atoms with Crippen LogP contribution in [0.4, 0.5) is 0 Å². The first kappa shape index (κ1) is 17.9. The second-order valence-corrected chi connectivity index (χ2v) is 5.55. The fourth-order valence-corrected chi connectivity index (χ4v) is 2.45. The first-order chi connectivity index (χ1) is 11.7. The molecule has 0 fully saturated rings. The van der Waals surface area contributed by atoms with E-state index >= 15 is 0 Å². The molecule has 2 aromatic rings.